The van der Waals surface area contributed by atoms with Crippen LogP contribution in [0, 0.1) is 11.6 Å². The number of rotatable bonds is 8. The first-order valence-corrected chi connectivity index (χ1v) is 14.3. The van der Waals surface area contributed by atoms with E-state index in [0.29, 0.717) is 12.1 Å². The van der Waals surface area contributed by atoms with Gasteiger partial charge in [0, 0.05) is 53.4 Å². The Morgan fingerprint density at radius 2 is 1.81 bits per heavy atom. The Hall–Kier alpha value is -2.49. The number of aromatic amines is 1. The molecular weight excluding hydrogens is 484 g/mol. The summed E-state index contributed by atoms with van der Waals surface area (Å²) in [4.78, 5) is 5.53. The Kier molecular flexibility index (Phi) is 6.82. The molecule has 2 atom stereocenters. The van der Waals surface area contributed by atoms with E-state index < -0.39 is 33.7 Å². The van der Waals surface area contributed by atoms with Crippen LogP contribution in [0.2, 0.25) is 0 Å². The summed E-state index contributed by atoms with van der Waals surface area (Å²) >= 11 is 0. The molecule has 2 aliphatic rings. The molecule has 3 heterocycles. The molecule has 1 fully saturated rings. The molecule has 194 valence electrons. The van der Waals surface area contributed by atoms with Crippen LogP contribution < -0.4 is 4.74 Å². The Balaban J connectivity index is 1.53. The fourth-order valence-electron chi connectivity index (χ4n) is 5.54. The number of unbranched alkanes of at least 4 members (excludes halogenated alkanes) is 1. The second kappa shape index (κ2) is 9.76. The maximum atomic E-state index is 15.7. The number of sulfonamides is 1. The summed E-state index contributed by atoms with van der Waals surface area (Å²) in [6.07, 6.45) is 2.56. The smallest absolute Gasteiger partial charge is 0.215 e. The number of likely N-dealkylation sites (tertiary alicyclic amines) is 1. The van der Waals surface area contributed by atoms with Crippen molar-refractivity contribution in [3.63, 3.8) is 0 Å². The van der Waals surface area contributed by atoms with Crippen molar-refractivity contribution in [2.24, 2.45) is 0 Å². The van der Waals surface area contributed by atoms with Crippen LogP contribution in [0.15, 0.2) is 36.4 Å². The van der Waals surface area contributed by atoms with Gasteiger partial charge in [-0.1, -0.05) is 31.5 Å². The van der Waals surface area contributed by atoms with E-state index in [-0.39, 0.29) is 23.2 Å². The zero-order chi connectivity index (χ0) is 25.6. The van der Waals surface area contributed by atoms with E-state index in [0.717, 1.165) is 48.9 Å². The van der Waals surface area contributed by atoms with Crippen LogP contribution in [0.25, 0.3) is 10.9 Å². The normalized spacial score (nSPS) is 21.5. The maximum absolute atomic E-state index is 15.7. The van der Waals surface area contributed by atoms with Crippen LogP contribution >= 0.6 is 0 Å². The standard InChI is InChI=1S/C27H33F2N3O3S/c1-4-6-11-31-15-19(16-31)35-18-13-22(28)25(23(29)14-18)27-26-21(20-9-7-8-10-24(20)30-26)12-17(3)32(27)36(33,34)5-2/h7-10,13-14,17,19,27,30H,4-6,11-12,15-16H2,1-3H3/t17-,27-/m1/s1. The highest BCUT2D eigenvalue weighted by Crippen LogP contribution is 2.44. The third kappa shape index (κ3) is 4.41. The fraction of sp³-hybridized carbons (Fsp3) is 0.481. The Labute approximate surface area is 211 Å². The van der Waals surface area contributed by atoms with Gasteiger partial charge in [0.15, 0.2) is 0 Å². The lowest BCUT2D eigenvalue weighted by Gasteiger charge is -2.40. The Bertz CT molecular complexity index is 1340. The van der Waals surface area contributed by atoms with Gasteiger partial charge in [0.2, 0.25) is 10.0 Å². The van der Waals surface area contributed by atoms with Crippen molar-refractivity contribution >= 4 is 20.9 Å². The summed E-state index contributed by atoms with van der Waals surface area (Å²) < 4.78 is 64.9. The minimum atomic E-state index is -3.78. The van der Waals surface area contributed by atoms with Gasteiger partial charge >= 0.3 is 0 Å². The van der Waals surface area contributed by atoms with Gasteiger partial charge in [0.1, 0.15) is 23.5 Å². The van der Waals surface area contributed by atoms with Gasteiger partial charge in [0.25, 0.3) is 0 Å². The number of halogens is 2. The van der Waals surface area contributed by atoms with E-state index in [4.69, 9.17) is 4.74 Å². The van der Waals surface area contributed by atoms with Gasteiger partial charge in [-0.05, 0) is 44.9 Å². The number of nitrogens with zero attached hydrogens (tertiary/aromatic N) is 2. The van der Waals surface area contributed by atoms with Crippen LogP contribution in [0.1, 0.15) is 56.5 Å². The molecule has 0 saturated carbocycles. The number of nitrogens with one attached hydrogen (secondary N) is 1. The zero-order valence-electron chi connectivity index (χ0n) is 20.9. The average molecular weight is 518 g/mol. The molecule has 0 bridgehead atoms. The van der Waals surface area contributed by atoms with Crippen molar-refractivity contribution in [3.05, 3.63) is 64.9 Å². The van der Waals surface area contributed by atoms with Gasteiger partial charge in [-0.25, -0.2) is 17.2 Å². The minimum Gasteiger partial charge on any atom is -0.488 e. The van der Waals surface area contributed by atoms with Gasteiger partial charge in [-0.3, -0.25) is 4.90 Å². The number of ether oxygens (including phenoxy) is 1. The SMILES string of the molecule is CCCCN1CC(Oc2cc(F)c([C@@H]3c4[nH]c5ccccc5c4C[C@@H](C)N3S(=O)(=O)CC)c(F)c2)C1. The molecule has 2 aromatic carbocycles. The maximum Gasteiger partial charge on any atom is 0.215 e. The predicted molar refractivity (Wildman–Crippen MR) is 137 cm³/mol. The van der Waals surface area contributed by atoms with Crippen molar-refractivity contribution in [1.29, 1.82) is 0 Å². The first kappa shape index (κ1) is 25.2. The summed E-state index contributed by atoms with van der Waals surface area (Å²) in [7, 11) is -3.78. The van der Waals surface area contributed by atoms with Crippen molar-refractivity contribution in [2.45, 2.75) is 58.2 Å². The number of fused-ring (bicyclic) bond motifs is 3. The number of benzene rings is 2. The van der Waals surface area contributed by atoms with E-state index in [1.54, 1.807) is 13.8 Å². The van der Waals surface area contributed by atoms with Crippen molar-refractivity contribution in [1.82, 2.24) is 14.2 Å². The summed E-state index contributed by atoms with van der Waals surface area (Å²) in [5, 5.41) is 0.941. The van der Waals surface area contributed by atoms with E-state index in [9.17, 15) is 8.42 Å². The number of H-pyrrole nitrogens is 1. The Morgan fingerprint density at radius 3 is 2.47 bits per heavy atom. The first-order chi connectivity index (χ1) is 17.2. The third-order valence-electron chi connectivity index (χ3n) is 7.37. The molecule has 3 aromatic rings. The highest BCUT2D eigenvalue weighted by atomic mass is 32.2. The molecule has 0 amide bonds. The molecule has 9 heteroatoms. The molecule has 0 spiro atoms. The monoisotopic (exact) mass is 517 g/mol. The lowest BCUT2D eigenvalue weighted by Crippen LogP contribution is -2.53. The lowest BCUT2D eigenvalue weighted by molar-refractivity contribution is 0.0189. The fourth-order valence-corrected chi connectivity index (χ4v) is 6.99. The van der Waals surface area contributed by atoms with Crippen LogP contribution in [-0.2, 0) is 16.4 Å². The van der Waals surface area contributed by atoms with Crippen molar-refractivity contribution < 1.29 is 21.9 Å². The molecule has 1 saturated heterocycles. The second-order valence-corrected chi connectivity index (χ2v) is 12.1. The summed E-state index contributed by atoms with van der Waals surface area (Å²) in [6, 6.07) is 8.39. The van der Waals surface area contributed by atoms with Gasteiger partial charge in [-0.15, -0.1) is 0 Å². The largest absolute Gasteiger partial charge is 0.488 e. The summed E-state index contributed by atoms with van der Waals surface area (Å²) in [5.74, 6) is -1.66. The number of aromatic nitrogens is 1. The predicted octanol–water partition coefficient (Wildman–Crippen LogP) is 4.99. The van der Waals surface area contributed by atoms with Gasteiger partial charge in [-0.2, -0.15) is 4.31 Å². The molecule has 1 aromatic heterocycles. The van der Waals surface area contributed by atoms with E-state index in [2.05, 4.69) is 16.8 Å². The highest BCUT2D eigenvalue weighted by Gasteiger charge is 2.44. The van der Waals surface area contributed by atoms with Gasteiger partial charge in [0.05, 0.1) is 11.8 Å². The summed E-state index contributed by atoms with van der Waals surface area (Å²) in [6.45, 7) is 7.93. The molecular formula is C27H33F2N3O3S. The van der Waals surface area contributed by atoms with Crippen LogP contribution in [0.5, 0.6) is 5.75 Å². The van der Waals surface area contributed by atoms with Crippen LogP contribution in [0.4, 0.5) is 8.78 Å². The molecule has 0 radical (unpaired) electrons. The highest BCUT2D eigenvalue weighted by molar-refractivity contribution is 7.89. The van der Waals surface area contributed by atoms with Crippen molar-refractivity contribution in [2.75, 3.05) is 25.4 Å². The lowest BCUT2D eigenvalue weighted by atomic mass is 9.90. The molecule has 36 heavy (non-hydrogen) atoms. The van der Waals surface area contributed by atoms with Crippen LogP contribution in [0.3, 0.4) is 0 Å². The molecule has 2 aliphatic heterocycles. The molecule has 1 N–H and O–H groups in total. The zero-order valence-corrected chi connectivity index (χ0v) is 21.7. The first-order valence-electron chi connectivity index (χ1n) is 12.7. The molecule has 6 nitrogen and oxygen atoms in total. The number of hydrogen-bond donors (Lipinski definition) is 1. The number of hydrogen-bond acceptors (Lipinski definition) is 4. The minimum absolute atomic E-state index is 0.113. The quantitative estimate of drug-likeness (QED) is 0.457. The van der Waals surface area contributed by atoms with Gasteiger partial charge < -0.3 is 9.72 Å². The molecule has 5 rings (SSSR count). The average Bonchev–Trinajstić information content (AvgIpc) is 3.18. The number of para-hydroxylation sites is 1. The molecule has 0 aliphatic carbocycles. The van der Waals surface area contributed by atoms with Crippen LogP contribution in [-0.4, -0.2) is 60.1 Å². The third-order valence-corrected chi connectivity index (χ3v) is 9.32. The molecule has 0 unspecified atom stereocenters. The van der Waals surface area contributed by atoms with E-state index in [1.807, 2.05) is 24.3 Å². The topological polar surface area (TPSA) is 65.6 Å². The van der Waals surface area contributed by atoms with Crippen molar-refractivity contribution in [3.8, 4) is 5.75 Å². The van der Waals surface area contributed by atoms with E-state index >= 15 is 8.78 Å². The Morgan fingerprint density at radius 1 is 1.11 bits per heavy atom. The second-order valence-electron chi connectivity index (χ2n) is 9.90. The van der Waals surface area contributed by atoms with E-state index in [1.165, 1.54) is 16.4 Å². The summed E-state index contributed by atoms with van der Waals surface area (Å²) in [5.41, 5.74) is 1.94.